The molecule has 2 aromatic carbocycles. The van der Waals surface area contributed by atoms with E-state index in [4.69, 9.17) is 0 Å². The van der Waals surface area contributed by atoms with Gasteiger partial charge in [-0.15, -0.1) is 0 Å². The molecule has 0 spiro atoms. The van der Waals surface area contributed by atoms with E-state index in [2.05, 4.69) is 38.5 Å². The Kier molecular flexibility index (Phi) is 4.17. The molecule has 0 amide bonds. The molecule has 0 bridgehead atoms. The van der Waals surface area contributed by atoms with Crippen LogP contribution in [0.2, 0.25) is 0 Å². The van der Waals surface area contributed by atoms with Crippen LogP contribution in [0, 0.1) is 9.39 Å². The smallest absolute Gasteiger partial charge is 0.143 e. The highest BCUT2D eigenvalue weighted by molar-refractivity contribution is 14.1. The van der Waals surface area contributed by atoms with Crippen LogP contribution in [0.4, 0.5) is 4.39 Å². The Hall–Kier alpha value is -0.460. The summed E-state index contributed by atoms with van der Waals surface area (Å²) in [7, 11) is 0. The zero-order chi connectivity index (χ0) is 12.4. The lowest BCUT2D eigenvalue weighted by Crippen LogP contribution is -2.02. The Bertz CT molecular complexity index is 527. The van der Waals surface area contributed by atoms with Crippen LogP contribution in [0.5, 0.6) is 0 Å². The van der Waals surface area contributed by atoms with E-state index in [1.54, 1.807) is 30.3 Å². The number of hydrogen-bond acceptors (Lipinski definition) is 1. The van der Waals surface area contributed by atoms with E-state index < -0.39 is 11.9 Å². The highest BCUT2D eigenvalue weighted by Crippen LogP contribution is 2.28. The molecule has 1 nitrogen and oxygen atoms in total. The van der Waals surface area contributed by atoms with Crippen molar-refractivity contribution in [3.63, 3.8) is 0 Å². The molecule has 4 heteroatoms. The second-order valence-corrected chi connectivity index (χ2v) is 5.70. The van der Waals surface area contributed by atoms with Gasteiger partial charge < -0.3 is 5.11 Å². The minimum Gasteiger partial charge on any atom is -0.384 e. The van der Waals surface area contributed by atoms with E-state index in [1.165, 1.54) is 0 Å². The number of halogens is 3. The Balaban J connectivity index is 2.40. The standard InChI is InChI=1S/C13H9BrFIO/c14-11-3-1-2-10(12(11)15)13(17)8-4-6-9(16)7-5-8/h1-7,13,17H. The molecule has 0 aliphatic rings. The van der Waals surface area contributed by atoms with Crippen LogP contribution in [-0.2, 0) is 0 Å². The van der Waals surface area contributed by atoms with Gasteiger partial charge in [-0.3, -0.25) is 0 Å². The van der Waals surface area contributed by atoms with Crippen molar-refractivity contribution in [1.29, 1.82) is 0 Å². The summed E-state index contributed by atoms with van der Waals surface area (Å²) < 4.78 is 15.2. The van der Waals surface area contributed by atoms with Crippen molar-refractivity contribution < 1.29 is 9.50 Å². The second-order valence-electron chi connectivity index (χ2n) is 3.60. The predicted molar refractivity (Wildman–Crippen MR) is 77.3 cm³/mol. The van der Waals surface area contributed by atoms with E-state index >= 15 is 0 Å². The highest BCUT2D eigenvalue weighted by atomic mass is 127. The third kappa shape index (κ3) is 2.86. The van der Waals surface area contributed by atoms with Crippen LogP contribution in [0.15, 0.2) is 46.9 Å². The number of hydrogen-bond donors (Lipinski definition) is 1. The van der Waals surface area contributed by atoms with Gasteiger partial charge >= 0.3 is 0 Å². The molecule has 0 radical (unpaired) electrons. The van der Waals surface area contributed by atoms with Crippen LogP contribution in [0.25, 0.3) is 0 Å². The van der Waals surface area contributed by atoms with Crippen molar-refractivity contribution in [2.24, 2.45) is 0 Å². The number of aliphatic hydroxyl groups is 1. The Labute approximate surface area is 121 Å². The van der Waals surface area contributed by atoms with Crippen LogP contribution < -0.4 is 0 Å². The van der Waals surface area contributed by atoms with Crippen LogP contribution in [0.1, 0.15) is 17.2 Å². The zero-order valence-corrected chi connectivity index (χ0v) is 12.4. The van der Waals surface area contributed by atoms with Gasteiger partial charge in [0.2, 0.25) is 0 Å². The van der Waals surface area contributed by atoms with Gasteiger partial charge in [0.25, 0.3) is 0 Å². The van der Waals surface area contributed by atoms with Gasteiger partial charge in [-0.1, -0.05) is 24.3 Å². The van der Waals surface area contributed by atoms with Crippen molar-refractivity contribution in [3.05, 3.63) is 67.5 Å². The third-order valence-corrected chi connectivity index (χ3v) is 3.79. The van der Waals surface area contributed by atoms with Crippen molar-refractivity contribution in [3.8, 4) is 0 Å². The van der Waals surface area contributed by atoms with Gasteiger partial charge in [0.15, 0.2) is 0 Å². The zero-order valence-electron chi connectivity index (χ0n) is 8.70. The molecular formula is C13H9BrFIO. The molecule has 1 unspecified atom stereocenters. The molecule has 1 N–H and O–H groups in total. The van der Waals surface area contributed by atoms with Gasteiger partial charge in [-0.25, -0.2) is 4.39 Å². The fourth-order valence-electron chi connectivity index (χ4n) is 1.56. The lowest BCUT2D eigenvalue weighted by Gasteiger charge is -2.13. The first-order chi connectivity index (χ1) is 8.09. The largest absolute Gasteiger partial charge is 0.384 e. The number of rotatable bonds is 2. The summed E-state index contributed by atoms with van der Waals surface area (Å²) in [4.78, 5) is 0. The molecule has 1 atom stereocenters. The van der Waals surface area contributed by atoms with Crippen LogP contribution in [-0.4, -0.2) is 5.11 Å². The summed E-state index contributed by atoms with van der Waals surface area (Å²) in [6.07, 6.45) is -0.940. The van der Waals surface area contributed by atoms with E-state index in [0.717, 1.165) is 3.57 Å². The molecule has 0 saturated heterocycles. The fourth-order valence-corrected chi connectivity index (χ4v) is 2.30. The highest BCUT2D eigenvalue weighted by Gasteiger charge is 2.16. The van der Waals surface area contributed by atoms with E-state index in [9.17, 15) is 9.50 Å². The van der Waals surface area contributed by atoms with E-state index in [-0.39, 0.29) is 5.56 Å². The molecular weight excluding hydrogens is 398 g/mol. The van der Waals surface area contributed by atoms with Gasteiger partial charge in [0, 0.05) is 9.13 Å². The third-order valence-electron chi connectivity index (χ3n) is 2.46. The molecule has 0 aromatic heterocycles. The van der Waals surface area contributed by atoms with E-state index in [0.29, 0.717) is 10.0 Å². The summed E-state index contributed by atoms with van der Waals surface area (Å²) in [6.45, 7) is 0. The molecule has 2 aromatic rings. The van der Waals surface area contributed by atoms with Crippen molar-refractivity contribution >= 4 is 38.5 Å². The summed E-state index contributed by atoms with van der Waals surface area (Å²) in [5.74, 6) is -0.418. The molecule has 17 heavy (non-hydrogen) atoms. The van der Waals surface area contributed by atoms with Gasteiger partial charge in [-0.2, -0.15) is 0 Å². The summed E-state index contributed by atoms with van der Waals surface area (Å²) in [5.41, 5.74) is 0.961. The topological polar surface area (TPSA) is 20.2 Å². The average molecular weight is 407 g/mol. The number of aliphatic hydroxyl groups excluding tert-OH is 1. The molecule has 0 saturated carbocycles. The first kappa shape index (κ1) is 13.0. The Morgan fingerprint density at radius 1 is 1.12 bits per heavy atom. The molecule has 2 rings (SSSR count). The second kappa shape index (κ2) is 5.46. The monoisotopic (exact) mass is 406 g/mol. The summed E-state index contributed by atoms with van der Waals surface area (Å²) >= 11 is 5.29. The molecule has 0 aliphatic heterocycles. The molecule has 0 fully saturated rings. The van der Waals surface area contributed by atoms with Crippen LogP contribution in [0.3, 0.4) is 0 Å². The van der Waals surface area contributed by atoms with Gasteiger partial charge in [0.1, 0.15) is 11.9 Å². The lowest BCUT2D eigenvalue weighted by atomic mass is 10.0. The summed E-state index contributed by atoms with van der Waals surface area (Å²) in [5, 5.41) is 10.1. The summed E-state index contributed by atoms with van der Waals surface area (Å²) in [6, 6.07) is 12.3. The first-order valence-corrected chi connectivity index (χ1v) is 6.84. The normalized spacial score (nSPS) is 12.5. The lowest BCUT2D eigenvalue weighted by molar-refractivity contribution is 0.214. The maximum absolute atomic E-state index is 13.8. The molecule has 88 valence electrons. The number of benzene rings is 2. The fraction of sp³-hybridized carbons (Fsp3) is 0.0769. The van der Waals surface area contributed by atoms with Gasteiger partial charge in [-0.05, 0) is 62.3 Å². The maximum Gasteiger partial charge on any atom is 0.143 e. The van der Waals surface area contributed by atoms with Crippen molar-refractivity contribution in [2.45, 2.75) is 6.10 Å². The predicted octanol–water partition coefficient (Wildman–Crippen LogP) is 4.27. The van der Waals surface area contributed by atoms with Crippen molar-refractivity contribution in [1.82, 2.24) is 0 Å². The minimum absolute atomic E-state index is 0.278. The molecule has 0 heterocycles. The Morgan fingerprint density at radius 3 is 2.41 bits per heavy atom. The molecule has 0 aliphatic carbocycles. The SMILES string of the molecule is OC(c1ccc(I)cc1)c1cccc(Br)c1F. The van der Waals surface area contributed by atoms with Crippen LogP contribution >= 0.6 is 38.5 Å². The van der Waals surface area contributed by atoms with E-state index in [1.807, 2.05) is 12.1 Å². The average Bonchev–Trinajstić information content (AvgIpc) is 2.33. The van der Waals surface area contributed by atoms with Crippen molar-refractivity contribution in [2.75, 3.05) is 0 Å². The quantitative estimate of drug-likeness (QED) is 0.738. The minimum atomic E-state index is -0.940. The van der Waals surface area contributed by atoms with Gasteiger partial charge in [0.05, 0.1) is 4.47 Å². The maximum atomic E-state index is 13.8. The first-order valence-electron chi connectivity index (χ1n) is 4.97. The Morgan fingerprint density at radius 2 is 1.76 bits per heavy atom.